The lowest BCUT2D eigenvalue weighted by atomic mass is 10.2. The molecule has 0 atom stereocenters. The third-order valence-electron chi connectivity index (χ3n) is 1.68. The van der Waals surface area contributed by atoms with Gasteiger partial charge in [-0.3, -0.25) is 4.84 Å². The summed E-state index contributed by atoms with van der Waals surface area (Å²) in [6, 6.07) is 0. The average Bonchev–Trinajstić information content (AvgIpc) is 2.17. The zero-order valence-corrected chi connectivity index (χ0v) is 6.25. The monoisotopic (exact) mass is 145 g/mol. The average molecular weight is 145 g/mol. The number of hydrogen-bond acceptors (Lipinski definition) is 3. The van der Waals surface area contributed by atoms with Crippen LogP contribution >= 0.6 is 0 Å². The number of nitrogens with zero attached hydrogens (tertiary/aromatic N) is 1. The highest BCUT2D eigenvalue weighted by molar-refractivity contribution is 4.51. The van der Waals surface area contributed by atoms with Crippen molar-refractivity contribution in [3.8, 4) is 0 Å². The molecule has 1 rings (SSSR count). The second-order valence-corrected chi connectivity index (χ2v) is 2.55. The van der Waals surface area contributed by atoms with E-state index in [0.717, 1.165) is 19.6 Å². The molecule has 0 aromatic rings. The molecule has 1 aliphatic heterocycles. The van der Waals surface area contributed by atoms with Crippen molar-refractivity contribution in [1.82, 2.24) is 5.06 Å². The molecule has 0 aromatic carbocycles. The molecule has 1 N–H and O–H groups in total. The Balaban J connectivity index is 2.15. The smallest absolute Gasteiger partial charge is 0.0685 e. The number of β-amino-alcohol motifs (C(OH)–C–C–N with tert-alkyl or cyclic N) is 1. The first kappa shape index (κ1) is 7.98. The van der Waals surface area contributed by atoms with Crippen LogP contribution in [0.3, 0.4) is 0 Å². The molecule has 60 valence electrons. The maximum Gasteiger partial charge on any atom is 0.0685 e. The Kier molecular flexibility index (Phi) is 3.72. The van der Waals surface area contributed by atoms with Gasteiger partial charge >= 0.3 is 0 Å². The van der Waals surface area contributed by atoms with E-state index in [1.807, 2.05) is 5.06 Å². The van der Waals surface area contributed by atoms with Crippen LogP contribution in [0.25, 0.3) is 0 Å². The molecule has 0 aromatic heterocycles. The lowest BCUT2D eigenvalue weighted by Gasteiger charge is -2.16. The van der Waals surface area contributed by atoms with E-state index in [0.29, 0.717) is 6.54 Å². The highest BCUT2D eigenvalue weighted by Gasteiger charge is 2.07. The normalized spacial score (nSPS) is 22.5. The maximum absolute atomic E-state index is 8.59. The fourth-order valence-corrected chi connectivity index (χ4v) is 1.11. The van der Waals surface area contributed by atoms with Gasteiger partial charge in [0.2, 0.25) is 0 Å². The lowest BCUT2D eigenvalue weighted by molar-refractivity contribution is -0.156. The van der Waals surface area contributed by atoms with Gasteiger partial charge in [0, 0.05) is 13.1 Å². The van der Waals surface area contributed by atoms with Crippen molar-refractivity contribution in [2.24, 2.45) is 0 Å². The van der Waals surface area contributed by atoms with Gasteiger partial charge in [-0.25, -0.2) is 0 Å². The fourth-order valence-electron chi connectivity index (χ4n) is 1.11. The summed E-state index contributed by atoms with van der Waals surface area (Å²) < 4.78 is 0. The van der Waals surface area contributed by atoms with Crippen LogP contribution < -0.4 is 0 Å². The first-order valence-electron chi connectivity index (χ1n) is 3.92. The summed E-state index contributed by atoms with van der Waals surface area (Å²) >= 11 is 0. The minimum Gasteiger partial charge on any atom is -0.395 e. The Morgan fingerprint density at radius 1 is 1.30 bits per heavy atom. The molecule has 0 amide bonds. The van der Waals surface area contributed by atoms with Crippen LogP contribution in [0.4, 0.5) is 0 Å². The second-order valence-electron chi connectivity index (χ2n) is 2.55. The topological polar surface area (TPSA) is 32.7 Å². The first-order valence-corrected chi connectivity index (χ1v) is 3.92. The van der Waals surface area contributed by atoms with E-state index in [4.69, 9.17) is 9.94 Å². The molecule has 1 saturated heterocycles. The molecule has 0 unspecified atom stereocenters. The van der Waals surface area contributed by atoms with Crippen LogP contribution in [0.5, 0.6) is 0 Å². The first-order chi connectivity index (χ1) is 4.93. The molecule has 1 fully saturated rings. The van der Waals surface area contributed by atoms with Crippen molar-refractivity contribution in [2.75, 3.05) is 26.3 Å². The van der Waals surface area contributed by atoms with Gasteiger partial charge in [-0.1, -0.05) is 0 Å². The Labute approximate surface area is 61.5 Å². The second kappa shape index (κ2) is 4.66. The molecular formula is C7H15NO2. The Morgan fingerprint density at radius 2 is 2.20 bits per heavy atom. The minimum absolute atomic E-state index is 0.194. The summed E-state index contributed by atoms with van der Waals surface area (Å²) in [6.45, 7) is 2.64. The Bertz CT molecular complexity index is 79.7. The summed E-state index contributed by atoms with van der Waals surface area (Å²) in [5, 5.41) is 10.4. The van der Waals surface area contributed by atoms with E-state index in [1.54, 1.807) is 0 Å². The number of hydroxylamine groups is 2. The van der Waals surface area contributed by atoms with Crippen molar-refractivity contribution in [3.63, 3.8) is 0 Å². The van der Waals surface area contributed by atoms with Crippen LogP contribution in [0.15, 0.2) is 0 Å². The quantitative estimate of drug-likeness (QED) is 0.610. The number of hydrogen-bond donors (Lipinski definition) is 1. The van der Waals surface area contributed by atoms with E-state index < -0.39 is 0 Å². The van der Waals surface area contributed by atoms with E-state index >= 15 is 0 Å². The summed E-state index contributed by atoms with van der Waals surface area (Å²) in [5.41, 5.74) is 0. The standard InChI is InChI=1S/C7H15NO2/c9-6-5-8-4-2-1-3-7-10-8/h9H,1-7H2. The third-order valence-corrected chi connectivity index (χ3v) is 1.68. The Morgan fingerprint density at radius 3 is 3.00 bits per heavy atom. The van der Waals surface area contributed by atoms with Crippen molar-refractivity contribution in [3.05, 3.63) is 0 Å². The van der Waals surface area contributed by atoms with E-state index in [1.165, 1.54) is 12.8 Å². The highest BCUT2D eigenvalue weighted by Crippen LogP contribution is 2.05. The fraction of sp³-hybridized carbons (Fsp3) is 1.00. The molecule has 3 nitrogen and oxygen atoms in total. The Hall–Kier alpha value is -0.120. The lowest BCUT2D eigenvalue weighted by Crippen LogP contribution is -2.26. The minimum atomic E-state index is 0.194. The number of aliphatic hydroxyl groups excluding tert-OH is 1. The van der Waals surface area contributed by atoms with Gasteiger partial charge in [-0.15, -0.1) is 0 Å². The molecule has 1 aliphatic rings. The van der Waals surface area contributed by atoms with Gasteiger partial charge in [0.1, 0.15) is 0 Å². The van der Waals surface area contributed by atoms with Crippen LogP contribution in [-0.4, -0.2) is 36.5 Å². The molecule has 0 aliphatic carbocycles. The third kappa shape index (κ3) is 2.64. The van der Waals surface area contributed by atoms with E-state index in [2.05, 4.69) is 0 Å². The van der Waals surface area contributed by atoms with Crippen LogP contribution in [0, 0.1) is 0 Å². The summed E-state index contributed by atoms with van der Waals surface area (Å²) in [5.74, 6) is 0. The molecule has 3 heteroatoms. The highest BCUT2D eigenvalue weighted by atomic mass is 16.7. The SMILES string of the molecule is OCCN1CCCCCO1. The summed E-state index contributed by atoms with van der Waals surface area (Å²) in [7, 11) is 0. The largest absolute Gasteiger partial charge is 0.395 e. The zero-order valence-electron chi connectivity index (χ0n) is 6.25. The van der Waals surface area contributed by atoms with Crippen LogP contribution in [0.2, 0.25) is 0 Å². The number of rotatable bonds is 2. The van der Waals surface area contributed by atoms with Crippen LogP contribution in [0.1, 0.15) is 19.3 Å². The molecule has 0 radical (unpaired) electrons. The molecular weight excluding hydrogens is 130 g/mol. The molecule has 0 spiro atoms. The van der Waals surface area contributed by atoms with Gasteiger partial charge in [0.15, 0.2) is 0 Å². The van der Waals surface area contributed by atoms with Gasteiger partial charge in [-0.05, 0) is 19.3 Å². The van der Waals surface area contributed by atoms with Crippen molar-refractivity contribution in [2.45, 2.75) is 19.3 Å². The molecule has 0 bridgehead atoms. The van der Waals surface area contributed by atoms with Crippen molar-refractivity contribution in [1.29, 1.82) is 0 Å². The molecule has 1 heterocycles. The zero-order chi connectivity index (χ0) is 7.23. The molecule has 0 saturated carbocycles. The molecule has 10 heavy (non-hydrogen) atoms. The predicted octanol–water partition coefficient (Wildman–Crippen LogP) is 0.396. The van der Waals surface area contributed by atoms with E-state index in [9.17, 15) is 0 Å². The van der Waals surface area contributed by atoms with Gasteiger partial charge < -0.3 is 5.11 Å². The van der Waals surface area contributed by atoms with Gasteiger partial charge in [0.05, 0.1) is 13.2 Å². The summed E-state index contributed by atoms with van der Waals surface area (Å²) in [6.07, 6.45) is 3.60. The van der Waals surface area contributed by atoms with Gasteiger partial charge in [-0.2, -0.15) is 5.06 Å². The predicted molar refractivity (Wildman–Crippen MR) is 38.5 cm³/mol. The van der Waals surface area contributed by atoms with E-state index in [-0.39, 0.29) is 6.61 Å². The van der Waals surface area contributed by atoms with Gasteiger partial charge in [0.25, 0.3) is 0 Å². The van der Waals surface area contributed by atoms with Crippen molar-refractivity contribution < 1.29 is 9.94 Å². The summed E-state index contributed by atoms with van der Waals surface area (Å²) in [4.78, 5) is 5.32. The van der Waals surface area contributed by atoms with Crippen molar-refractivity contribution >= 4 is 0 Å². The maximum atomic E-state index is 8.59. The van der Waals surface area contributed by atoms with Crippen LogP contribution in [-0.2, 0) is 4.84 Å². The number of aliphatic hydroxyl groups is 1.